The third kappa shape index (κ3) is 5.18. The highest BCUT2D eigenvalue weighted by Crippen LogP contribution is 2.39. The minimum Gasteiger partial charge on any atom is -0.488 e. The first-order valence-corrected chi connectivity index (χ1v) is 12.0. The van der Waals surface area contributed by atoms with E-state index >= 15 is 0 Å². The summed E-state index contributed by atoms with van der Waals surface area (Å²) in [5, 5.41) is 15.4. The number of rotatable bonds is 7. The zero-order valence-corrected chi connectivity index (χ0v) is 19.5. The maximum absolute atomic E-state index is 13.6. The van der Waals surface area contributed by atoms with Crippen molar-refractivity contribution in [1.82, 2.24) is 0 Å². The molecule has 1 N–H and O–H groups in total. The van der Waals surface area contributed by atoms with E-state index in [1.165, 1.54) is 12.1 Å². The molecule has 4 aromatic rings. The number of halogens is 1. The molecule has 3 aromatic carbocycles. The Kier molecular flexibility index (Phi) is 6.73. The fourth-order valence-electron chi connectivity index (χ4n) is 3.90. The van der Waals surface area contributed by atoms with E-state index in [0.29, 0.717) is 29.4 Å². The SMILES string of the molecule is O/N=C1C(=C\c2cccs2)\OC\1=C(\Cc1ccccc1)c1ccccc1OCc1cccc(F)c1. The molecule has 1 saturated heterocycles. The number of nitrogens with zero attached hydrogens (tertiary/aromatic N) is 1. The van der Waals surface area contributed by atoms with Crippen LogP contribution in [0.4, 0.5) is 4.39 Å². The van der Waals surface area contributed by atoms with Gasteiger partial charge >= 0.3 is 0 Å². The lowest BCUT2D eigenvalue weighted by Gasteiger charge is -2.28. The molecule has 0 amide bonds. The van der Waals surface area contributed by atoms with Gasteiger partial charge in [0, 0.05) is 28.5 Å². The standard InChI is InChI=1S/C29H22FNO3S/c30-22-11-6-10-21(16-22)19-33-26-14-5-4-13-24(26)25(17-20-8-2-1-3-9-20)29-28(31-32)27(34-29)18-23-12-7-15-35-23/h1-16,18,32H,17,19H2/b27-18-,29-25-,31-28+. The number of allylic oxidation sites excluding steroid dienone is 1. The Morgan fingerprint density at radius 2 is 1.74 bits per heavy atom. The van der Waals surface area contributed by atoms with Crippen molar-refractivity contribution in [3.05, 3.63) is 135 Å². The van der Waals surface area contributed by atoms with Gasteiger partial charge in [-0.1, -0.05) is 71.9 Å². The Balaban J connectivity index is 1.52. The second kappa shape index (κ2) is 10.4. The van der Waals surface area contributed by atoms with Gasteiger partial charge in [0.25, 0.3) is 0 Å². The molecule has 0 bridgehead atoms. The minimum absolute atomic E-state index is 0.216. The zero-order chi connectivity index (χ0) is 24.0. The normalized spacial score (nSPS) is 16.6. The highest BCUT2D eigenvalue weighted by molar-refractivity contribution is 7.10. The van der Waals surface area contributed by atoms with Gasteiger partial charge in [-0.05, 0) is 40.8 Å². The molecule has 0 unspecified atom stereocenters. The number of thiophene rings is 1. The van der Waals surface area contributed by atoms with E-state index in [2.05, 4.69) is 5.16 Å². The van der Waals surface area contributed by atoms with Crippen molar-refractivity contribution in [1.29, 1.82) is 0 Å². The molecule has 1 aliphatic rings. The van der Waals surface area contributed by atoms with Crippen LogP contribution in [0.3, 0.4) is 0 Å². The highest BCUT2D eigenvalue weighted by Gasteiger charge is 2.34. The van der Waals surface area contributed by atoms with Crippen molar-refractivity contribution in [3.8, 4) is 5.75 Å². The summed E-state index contributed by atoms with van der Waals surface area (Å²) in [5.41, 5.74) is 3.85. The van der Waals surface area contributed by atoms with Crippen molar-refractivity contribution < 1.29 is 19.1 Å². The number of oxime groups is 1. The van der Waals surface area contributed by atoms with Crippen LogP contribution < -0.4 is 4.74 Å². The van der Waals surface area contributed by atoms with E-state index in [1.54, 1.807) is 17.4 Å². The maximum Gasteiger partial charge on any atom is 0.188 e. The summed E-state index contributed by atoms with van der Waals surface area (Å²) in [7, 11) is 0. The van der Waals surface area contributed by atoms with Crippen molar-refractivity contribution in [2.24, 2.45) is 5.16 Å². The summed E-state index contributed by atoms with van der Waals surface area (Å²) >= 11 is 1.57. The van der Waals surface area contributed by atoms with E-state index < -0.39 is 0 Å². The van der Waals surface area contributed by atoms with Crippen LogP contribution in [0.5, 0.6) is 5.75 Å². The summed E-state index contributed by atoms with van der Waals surface area (Å²) in [4.78, 5) is 1.00. The molecular weight excluding hydrogens is 461 g/mol. The van der Waals surface area contributed by atoms with Gasteiger partial charge in [-0.3, -0.25) is 0 Å². The Morgan fingerprint density at radius 1 is 0.943 bits per heavy atom. The molecular formula is C29H22FNO3S. The monoisotopic (exact) mass is 483 g/mol. The molecule has 1 aliphatic heterocycles. The van der Waals surface area contributed by atoms with Gasteiger partial charge in [0.15, 0.2) is 17.2 Å². The highest BCUT2D eigenvalue weighted by atomic mass is 32.1. The average molecular weight is 484 g/mol. The van der Waals surface area contributed by atoms with Gasteiger partial charge in [0.05, 0.1) is 0 Å². The van der Waals surface area contributed by atoms with E-state index in [1.807, 2.05) is 84.3 Å². The number of hydrogen-bond acceptors (Lipinski definition) is 5. The van der Waals surface area contributed by atoms with Gasteiger partial charge in [0.2, 0.25) is 0 Å². The molecule has 35 heavy (non-hydrogen) atoms. The van der Waals surface area contributed by atoms with Crippen molar-refractivity contribution in [3.63, 3.8) is 0 Å². The number of hydrogen-bond donors (Lipinski definition) is 1. The zero-order valence-electron chi connectivity index (χ0n) is 18.7. The van der Waals surface area contributed by atoms with Crippen molar-refractivity contribution >= 4 is 28.7 Å². The van der Waals surface area contributed by atoms with Crippen LogP contribution in [0.25, 0.3) is 11.6 Å². The predicted octanol–water partition coefficient (Wildman–Crippen LogP) is 7.32. The first-order valence-electron chi connectivity index (χ1n) is 11.1. The first-order chi connectivity index (χ1) is 17.2. The third-order valence-corrected chi connectivity index (χ3v) is 6.39. The van der Waals surface area contributed by atoms with E-state index in [9.17, 15) is 9.60 Å². The Labute approximate surface area is 206 Å². The molecule has 1 fully saturated rings. The molecule has 0 spiro atoms. The van der Waals surface area contributed by atoms with Crippen LogP contribution in [-0.4, -0.2) is 10.9 Å². The lowest BCUT2D eigenvalue weighted by Crippen LogP contribution is -2.25. The van der Waals surface area contributed by atoms with Crippen LogP contribution in [0.15, 0.2) is 113 Å². The fraction of sp³-hybridized carbons (Fsp3) is 0.0690. The Hall–Kier alpha value is -4.16. The van der Waals surface area contributed by atoms with Gasteiger partial charge < -0.3 is 14.7 Å². The molecule has 0 saturated carbocycles. The van der Waals surface area contributed by atoms with Crippen LogP contribution in [0, 0.1) is 5.82 Å². The summed E-state index contributed by atoms with van der Waals surface area (Å²) in [6.07, 6.45) is 2.40. The first kappa shape index (κ1) is 22.6. The minimum atomic E-state index is -0.303. The number of benzene rings is 3. The summed E-state index contributed by atoms with van der Waals surface area (Å²) in [6.45, 7) is 0.216. The lowest BCUT2D eigenvalue weighted by molar-refractivity contribution is 0.275. The summed E-state index contributed by atoms with van der Waals surface area (Å²) in [6, 6.07) is 27.9. The molecule has 0 radical (unpaired) electrons. The molecule has 0 atom stereocenters. The summed E-state index contributed by atoms with van der Waals surface area (Å²) < 4.78 is 25.8. The fourth-order valence-corrected chi connectivity index (χ4v) is 4.55. The molecule has 6 heteroatoms. The molecule has 1 aromatic heterocycles. The molecule has 174 valence electrons. The molecule has 2 heterocycles. The van der Waals surface area contributed by atoms with Crippen LogP contribution in [-0.2, 0) is 17.8 Å². The molecule has 5 rings (SSSR count). The van der Waals surface area contributed by atoms with Crippen LogP contribution in [0.1, 0.15) is 21.6 Å². The number of para-hydroxylation sites is 1. The number of ether oxygens (including phenoxy) is 2. The van der Waals surface area contributed by atoms with Crippen LogP contribution >= 0.6 is 11.3 Å². The lowest BCUT2D eigenvalue weighted by atomic mass is 9.92. The van der Waals surface area contributed by atoms with E-state index in [-0.39, 0.29) is 12.4 Å². The van der Waals surface area contributed by atoms with Gasteiger partial charge in [-0.25, -0.2) is 4.39 Å². The van der Waals surface area contributed by atoms with Crippen LogP contribution in [0.2, 0.25) is 0 Å². The molecule has 0 aliphatic carbocycles. The second-order valence-corrected chi connectivity index (χ2v) is 8.94. The van der Waals surface area contributed by atoms with E-state index in [0.717, 1.165) is 27.1 Å². The molecule has 4 nitrogen and oxygen atoms in total. The smallest absolute Gasteiger partial charge is 0.188 e. The topological polar surface area (TPSA) is 51.1 Å². The van der Waals surface area contributed by atoms with Gasteiger partial charge in [-0.15, -0.1) is 11.3 Å². The average Bonchev–Trinajstić information content (AvgIpc) is 3.39. The second-order valence-electron chi connectivity index (χ2n) is 7.96. The quantitative estimate of drug-likeness (QED) is 0.221. The Bertz CT molecular complexity index is 1410. The third-order valence-electron chi connectivity index (χ3n) is 5.57. The largest absolute Gasteiger partial charge is 0.488 e. The van der Waals surface area contributed by atoms with Gasteiger partial charge in [-0.2, -0.15) is 0 Å². The Morgan fingerprint density at radius 3 is 2.51 bits per heavy atom. The van der Waals surface area contributed by atoms with E-state index in [4.69, 9.17) is 9.47 Å². The van der Waals surface area contributed by atoms with Crippen molar-refractivity contribution in [2.75, 3.05) is 0 Å². The maximum atomic E-state index is 13.6. The summed E-state index contributed by atoms with van der Waals surface area (Å²) in [5.74, 6) is 1.34. The van der Waals surface area contributed by atoms with Crippen molar-refractivity contribution in [2.45, 2.75) is 13.0 Å². The van der Waals surface area contributed by atoms with Gasteiger partial charge in [0.1, 0.15) is 18.2 Å². The predicted molar refractivity (Wildman–Crippen MR) is 137 cm³/mol.